The first-order chi connectivity index (χ1) is 11.1. The van der Waals surface area contributed by atoms with Crippen LogP contribution in [-0.4, -0.2) is 42.1 Å². The number of piperidine rings is 1. The molecule has 1 saturated heterocycles. The third-order valence-electron chi connectivity index (χ3n) is 4.68. The highest BCUT2D eigenvalue weighted by atomic mass is 16.3. The Labute approximate surface area is 137 Å². The minimum Gasteiger partial charge on any atom is -0.508 e. The van der Waals surface area contributed by atoms with Crippen molar-refractivity contribution in [1.29, 1.82) is 0 Å². The number of phenolic OH excluding ortho intramolecular Hbond substituents is 1. The van der Waals surface area contributed by atoms with Gasteiger partial charge in [0.05, 0.1) is 0 Å². The molecule has 1 fully saturated rings. The molecule has 4 nitrogen and oxygen atoms in total. The first-order valence-corrected chi connectivity index (χ1v) is 8.35. The Balaban J connectivity index is 1.55. The zero-order valence-electron chi connectivity index (χ0n) is 13.6. The minimum absolute atomic E-state index is 0.0367. The van der Waals surface area contributed by atoms with E-state index < -0.39 is 0 Å². The monoisotopic (exact) mass is 312 g/mol. The number of carbonyl (C=O) groups is 1. The van der Waals surface area contributed by atoms with Gasteiger partial charge in [-0.2, -0.15) is 0 Å². The highest BCUT2D eigenvalue weighted by Crippen LogP contribution is 2.21. The number of fused-ring (bicyclic) bond motifs is 1. The normalized spacial score (nSPS) is 16.6. The second kappa shape index (κ2) is 7.01. The van der Waals surface area contributed by atoms with Gasteiger partial charge in [0, 0.05) is 18.7 Å². The lowest BCUT2D eigenvalue weighted by molar-refractivity contribution is 0.0944. The summed E-state index contributed by atoms with van der Waals surface area (Å²) < 4.78 is 0. The lowest BCUT2D eigenvalue weighted by Crippen LogP contribution is -2.39. The molecule has 2 aromatic rings. The van der Waals surface area contributed by atoms with Crippen LogP contribution in [0.1, 0.15) is 30.1 Å². The molecule has 0 aromatic heterocycles. The van der Waals surface area contributed by atoms with Crippen LogP contribution in [0.15, 0.2) is 36.4 Å². The van der Waals surface area contributed by atoms with E-state index in [0.29, 0.717) is 12.1 Å². The van der Waals surface area contributed by atoms with E-state index in [9.17, 15) is 9.90 Å². The van der Waals surface area contributed by atoms with Gasteiger partial charge in [0.1, 0.15) is 5.75 Å². The van der Waals surface area contributed by atoms with Crippen molar-refractivity contribution >= 4 is 16.7 Å². The first-order valence-electron chi connectivity index (χ1n) is 8.35. The van der Waals surface area contributed by atoms with Crippen LogP contribution in [0.4, 0.5) is 0 Å². The molecular weight excluding hydrogens is 288 g/mol. The molecule has 0 aliphatic carbocycles. The van der Waals surface area contributed by atoms with Crippen molar-refractivity contribution in [1.82, 2.24) is 10.2 Å². The van der Waals surface area contributed by atoms with Gasteiger partial charge >= 0.3 is 0 Å². The summed E-state index contributed by atoms with van der Waals surface area (Å²) in [4.78, 5) is 14.7. The van der Waals surface area contributed by atoms with E-state index in [1.54, 1.807) is 18.2 Å². The number of hydrogen-bond acceptors (Lipinski definition) is 3. The van der Waals surface area contributed by atoms with Crippen LogP contribution in [0.25, 0.3) is 10.8 Å². The zero-order valence-corrected chi connectivity index (χ0v) is 13.6. The van der Waals surface area contributed by atoms with Crippen molar-refractivity contribution in [3.63, 3.8) is 0 Å². The van der Waals surface area contributed by atoms with E-state index in [1.807, 2.05) is 18.2 Å². The van der Waals surface area contributed by atoms with Gasteiger partial charge in [-0.15, -0.1) is 0 Å². The average molecular weight is 312 g/mol. The molecule has 23 heavy (non-hydrogen) atoms. The molecule has 122 valence electrons. The van der Waals surface area contributed by atoms with E-state index >= 15 is 0 Å². The average Bonchev–Trinajstić information content (AvgIpc) is 2.56. The molecule has 0 unspecified atom stereocenters. The predicted molar refractivity (Wildman–Crippen MR) is 92.8 cm³/mol. The van der Waals surface area contributed by atoms with Gasteiger partial charge in [0.2, 0.25) is 0 Å². The molecule has 1 aliphatic rings. The van der Waals surface area contributed by atoms with Gasteiger partial charge in [-0.05, 0) is 66.9 Å². The summed E-state index contributed by atoms with van der Waals surface area (Å²) in [5.41, 5.74) is 0.662. The van der Waals surface area contributed by atoms with Gasteiger partial charge in [0.25, 0.3) is 5.91 Å². The number of aromatic hydroxyl groups is 1. The van der Waals surface area contributed by atoms with Gasteiger partial charge in [-0.1, -0.05) is 19.1 Å². The number of nitrogens with one attached hydrogen (secondary N) is 1. The van der Waals surface area contributed by atoms with Crippen LogP contribution in [-0.2, 0) is 0 Å². The van der Waals surface area contributed by atoms with Gasteiger partial charge in [-0.25, -0.2) is 0 Å². The fourth-order valence-corrected chi connectivity index (χ4v) is 3.09. The molecule has 3 rings (SSSR count). The van der Waals surface area contributed by atoms with Gasteiger partial charge < -0.3 is 15.3 Å². The molecule has 0 radical (unpaired) electrons. The molecule has 0 atom stereocenters. The van der Waals surface area contributed by atoms with Gasteiger partial charge in [0.15, 0.2) is 0 Å². The molecule has 1 amide bonds. The van der Waals surface area contributed by atoms with Crippen LogP contribution in [0.3, 0.4) is 0 Å². The number of amides is 1. The molecule has 4 heteroatoms. The Morgan fingerprint density at radius 1 is 1.17 bits per heavy atom. The van der Waals surface area contributed by atoms with Crippen LogP contribution in [0.5, 0.6) is 5.75 Å². The summed E-state index contributed by atoms with van der Waals surface area (Å²) in [7, 11) is 0. The topological polar surface area (TPSA) is 52.6 Å². The summed E-state index contributed by atoms with van der Waals surface area (Å²) in [6, 6.07) is 10.7. The van der Waals surface area contributed by atoms with Crippen LogP contribution < -0.4 is 5.32 Å². The smallest absolute Gasteiger partial charge is 0.251 e. The lowest BCUT2D eigenvalue weighted by atomic mass is 9.99. The fourth-order valence-electron chi connectivity index (χ4n) is 3.09. The molecular formula is C19H24N2O2. The number of rotatable bonds is 4. The summed E-state index contributed by atoms with van der Waals surface area (Å²) in [6.45, 7) is 6.17. The Hall–Kier alpha value is -2.07. The SMILES string of the molecule is CC1CCN(CCNC(=O)c2ccc3cc(O)ccc3c2)CC1. The molecule has 2 N–H and O–H groups in total. The lowest BCUT2D eigenvalue weighted by Gasteiger charge is -2.30. The second-order valence-corrected chi connectivity index (χ2v) is 6.53. The van der Waals surface area contributed by atoms with Crippen LogP contribution in [0, 0.1) is 5.92 Å². The highest BCUT2D eigenvalue weighted by molar-refractivity contribution is 5.98. The highest BCUT2D eigenvalue weighted by Gasteiger charge is 2.15. The van der Waals surface area contributed by atoms with E-state index in [2.05, 4.69) is 17.1 Å². The van der Waals surface area contributed by atoms with Crippen LogP contribution in [0.2, 0.25) is 0 Å². The minimum atomic E-state index is -0.0367. The van der Waals surface area contributed by atoms with Crippen LogP contribution >= 0.6 is 0 Å². The third kappa shape index (κ3) is 4.02. The number of hydrogen-bond donors (Lipinski definition) is 2. The summed E-state index contributed by atoms with van der Waals surface area (Å²) >= 11 is 0. The fraction of sp³-hybridized carbons (Fsp3) is 0.421. The number of likely N-dealkylation sites (tertiary alicyclic amines) is 1. The van der Waals surface area contributed by atoms with E-state index in [0.717, 1.165) is 36.3 Å². The maximum absolute atomic E-state index is 12.3. The van der Waals surface area contributed by atoms with Crippen molar-refractivity contribution in [2.24, 2.45) is 5.92 Å². The van der Waals surface area contributed by atoms with E-state index in [1.165, 1.54) is 12.8 Å². The Kier molecular flexibility index (Phi) is 4.82. The second-order valence-electron chi connectivity index (χ2n) is 6.53. The predicted octanol–water partition coefficient (Wildman–Crippen LogP) is 3.01. The first kappa shape index (κ1) is 15.8. The largest absolute Gasteiger partial charge is 0.508 e. The molecule has 0 saturated carbocycles. The van der Waals surface area contributed by atoms with Crippen molar-refractivity contribution in [3.8, 4) is 5.75 Å². The van der Waals surface area contributed by atoms with E-state index in [4.69, 9.17) is 0 Å². The zero-order chi connectivity index (χ0) is 16.2. The molecule has 1 aliphatic heterocycles. The number of benzene rings is 2. The van der Waals surface area contributed by atoms with Gasteiger partial charge in [-0.3, -0.25) is 4.79 Å². The standard InChI is InChI=1S/C19H24N2O2/c1-14-6-9-21(10-7-14)11-8-20-19(23)17-3-2-16-13-18(22)5-4-15(16)12-17/h2-5,12-14,22H,6-11H2,1H3,(H,20,23). The maximum atomic E-state index is 12.3. The number of phenols is 1. The maximum Gasteiger partial charge on any atom is 0.251 e. The van der Waals surface area contributed by atoms with E-state index in [-0.39, 0.29) is 11.7 Å². The Morgan fingerprint density at radius 2 is 1.87 bits per heavy atom. The number of carbonyl (C=O) groups excluding carboxylic acids is 1. The number of nitrogens with zero attached hydrogens (tertiary/aromatic N) is 1. The summed E-state index contributed by atoms with van der Waals surface area (Å²) in [6.07, 6.45) is 2.51. The van der Waals surface area contributed by atoms with Crippen molar-refractivity contribution in [3.05, 3.63) is 42.0 Å². The molecule has 1 heterocycles. The Bertz CT molecular complexity index is 691. The summed E-state index contributed by atoms with van der Waals surface area (Å²) in [5.74, 6) is 1.04. The molecule has 0 bridgehead atoms. The third-order valence-corrected chi connectivity index (χ3v) is 4.68. The van der Waals surface area contributed by atoms with Crippen molar-refractivity contribution < 1.29 is 9.90 Å². The molecule has 2 aromatic carbocycles. The van der Waals surface area contributed by atoms with Crippen molar-refractivity contribution in [2.45, 2.75) is 19.8 Å². The molecule has 0 spiro atoms. The van der Waals surface area contributed by atoms with Crippen molar-refractivity contribution in [2.75, 3.05) is 26.2 Å². The summed E-state index contributed by atoms with van der Waals surface area (Å²) in [5, 5.41) is 14.4. The Morgan fingerprint density at radius 3 is 2.65 bits per heavy atom. The quantitative estimate of drug-likeness (QED) is 0.912.